The van der Waals surface area contributed by atoms with E-state index in [9.17, 15) is 13.2 Å². The predicted octanol–water partition coefficient (Wildman–Crippen LogP) is 3.25. The first-order valence-electron chi connectivity index (χ1n) is 11.4. The fraction of sp³-hybridized carbons (Fsp3) is 0.360. The molecule has 2 fully saturated rings. The molecule has 3 aromatic rings. The number of benzene rings is 2. The van der Waals surface area contributed by atoms with E-state index in [4.69, 9.17) is 0 Å². The molecule has 1 aliphatic carbocycles. The van der Waals surface area contributed by atoms with Crippen molar-refractivity contribution in [1.29, 1.82) is 0 Å². The lowest BCUT2D eigenvalue weighted by Gasteiger charge is -2.22. The first kappa shape index (κ1) is 22.0. The average molecular weight is 465 g/mol. The van der Waals surface area contributed by atoms with Crippen molar-refractivity contribution in [2.45, 2.75) is 30.1 Å². The molecule has 2 aliphatic rings. The Balaban J connectivity index is 1.22. The summed E-state index contributed by atoms with van der Waals surface area (Å²) in [6.07, 6.45) is 6.34. The third-order valence-corrected chi connectivity index (χ3v) is 8.01. The molecule has 1 amide bonds. The zero-order valence-electron chi connectivity index (χ0n) is 18.3. The third kappa shape index (κ3) is 5.08. The summed E-state index contributed by atoms with van der Waals surface area (Å²) in [6.45, 7) is 2.28. The van der Waals surface area contributed by atoms with Gasteiger partial charge < -0.3 is 10.6 Å². The summed E-state index contributed by atoms with van der Waals surface area (Å²) < 4.78 is 28.4. The minimum absolute atomic E-state index is 0.0346. The smallest absolute Gasteiger partial charge is 0.240 e. The van der Waals surface area contributed by atoms with Crippen LogP contribution >= 0.6 is 0 Å². The monoisotopic (exact) mass is 464 g/mol. The molecule has 0 unspecified atom stereocenters. The molecular weight excluding hydrogens is 436 g/mol. The highest BCUT2D eigenvalue weighted by Gasteiger charge is 2.44. The Morgan fingerprint density at radius 3 is 2.88 bits per heavy atom. The topological polar surface area (TPSA) is 100 Å². The van der Waals surface area contributed by atoms with Gasteiger partial charge in [0, 0.05) is 35.9 Å². The Bertz CT molecular complexity index is 1270. The van der Waals surface area contributed by atoms with E-state index in [0.717, 1.165) is 48.0 Å². The molecule has 3 N–H and O–H groups in total. The normalized spacial score (nSPS) is 22.7. The van der Waals surface area contributed by atoms with Crippen LogP contribution in [0.25, 0.3) is 10.8 Å². The van der Waals surface area contributed by atoms with Crippen molar-refractivity contribution in [3.63, 3.8) is 0 Å². The summed E-state index contributed by atoms with van der Waals surface area (Å²) in [7, 11) is -3.58. The second-order valence-corrected chi connectivity index (χ2v) is 10.8. The molecule has 1 saturated heterocycles. The molecule has 1 aromatic heterocycles. The fourth-order valence-corrected chi connectivity index (χ4v) is 5.74. The van der Waals surface area contributed by atoms with Gasteiger partial charge in [-0.25, -0.2) is 13.1 Å². The van der Waals surface area contributed by atoms with Crippen LogP contribution in [0.1, 0.15) is 30.7 Å². The number of nitrogens with one attached hydrogen (secondary N) is 3. The number of rotatable bonds is 7. The Morgan fingerprint density at radius 1 is 1.12 bits per heavy atom. The molecule has 172 valence electrons. The van der Waals surface area contributed by atoms with Crippen LogP contribution in [0.4, 0.5) is 5.69 Å². The van der Waals surface area contributed by atoms with E-state index >= 15 is 0 Å². The molecule has 7 nitrogen and oxygen atoms in total. The van der Waals surface area contributed by atoms with Crippen molar-refractivity contribution >= 4 is 32.4 Å². The maximum Gasteiger partial charge on any atom is 0.240 e. The van der Waals surface area contributed by atoms with Crippen molar-refractivity contribution in [1.82, 2.24) is 15.0 Å². The zero-order valence-corrected chi connectivity index (χ0v) is 19.1. The summed E-state index contributed by atoms with van der Waals surface area (Å²) in [4.78, 5) is 17.2. The maximum absolute atomic E-state index is 12.8. The molecule has 1 saturated carbocycles. The number of anilines is 1. The van der Waals surface area contributed by atoms with Crippen LogP contribution < -0.4 is 15.4 Å². The van der Waals surface area contributed by atoms with Gasteiger partial charge in [0.2, 0.25) is 15.9 Å². The van der Waals surface area contributed by atoms with Gasteiger partial charge in [-0.1, -0.05) is 18.2 Å². The molecule has 2 aromatic carbocycles. The second-order valence-electron chi connectivity index (χ2n) is 9.01. The van der Waals surface area contributed by atoms with Gasteiger partial charge >= 0.3 is 0 Å². The molecule has 8 heteroatoms. The molecule has 33 heavy (non-hydrogen) atoms. The lowest BCUT2D eigenvalue weighted by atomic mass is 10.0. The lowest BCUT2D eigenvalue weighted by molar-refractivity contribution is -0.117. The highest BCUT2D eigenvalue weighted by atomic mass is 32.2. The van der Waals surface area contributed by atoms with Crippen LogP contribution in [0.15, 0.2) is 65.8 Å². The van der Waals surface area contributed by atoms with Gasteiger partial charge in [-0.3, -0.25) is 9.78 Å². The number of nitrogens with zero attached hydrogens (tertiary/aromatic N) is 1. The van der Waals surface area contributed by atoms with Gasteiger partial charge in [-0.15, -0.1) is 0 Å². The standard InChI is InChI=1S/C25H28N4O3S/c30-25(29-21-7-6-20-16-27-10-8-18(20)11-21)24-13-23(24)19-4-1-5-22(12-19)33(31,32)28-15-17-3-2-9-26-14-17/h1,4-8,10-12,16-17,23-24,26,28H,2-3,9,13-15H2,(H,29,30)/t17-,23+,24-/m1/s1. The average Bonchev–Trinajstić information content (AvgIpc) is 3.65. The van der Waals surface area contributed by atoms with Crippen LogP contribution in [-0.2, 0) is 14.8 Å². The molecule has 5 rings (SSSR count). The fourth-order valence-electron chi connectivity index (χ4n) is 4.57. The number of hydrogen-bond donors (Lipinski definition) is 3. The van der Waals surface area contributed by atoms with Crippen LogP contribution in [0, 0.1) is 11.8 Å². The Labute approximate surface area is 194 Å². The van der Waals surface area contributed by atoms with Crippen LogP contribution in [-0.4, -0.2) is 38.9 Å². The Hall–Kier alpha value is -2.81. The summed E-state index contributed by atoms with van der Waals surface area (Å²) in [5, 5.41) is 8.35. The summed E-state index contributed by atoms with van der Waals surface area (Å²) in [5.41, 5.74) is 1.64. The largest absolute Gasteiger partial charge is 0.326 e. The molecule has 0 radical (unpaired) electrons. The van der Waals surface area contributed by atoms with E-state index in [0.29, 0.717) is 18.9 Å². The van der Waals surface area contributed by atoms with Gasteiger partial charge in [-0.2, -0.15) is 0 Å². The number of carbonyl (C=O) groups excluding carboxylic acids is 1. The van der Waals surface area contributed by atoms with Crippen LogP contribution in [0.5, 0.6) is 0 Å². The van der Waals surface area contributed by atoms with E-state index < -0.39 is 10.0 Å². The molecule has 0 spiro atoms. The minimum atomic E-state index is -3.58. The highest BCUT2D eigenvalue weighted by molar-refractivity contribution is 7.89. The molecule has 0 bridgehead atoms. The van der Waals surface area contributed by atoms with Gasteiger partial charge in [0.05, 0.1) is 4.90 Å². The first-order valence-corrected chi connectivity index (χ1v) is 12.9. The van der Waals surface area contributed by atoms with Crippen molar-refractivity contribution in [3.05, 3.63) is 66.5 Å². The van der Waals surface area contributed by atoms with Crippen LogP contribution in [0.3, 0.4) is 0 Å². The maximum atomic E-state index is 12.8. The SMILES string of the molecule is O=C(Nc1ccc2cnccc2c1)[C@@H]1C[C@H]1c1cccc(S(=O)(=O)NC[C@@H]2CCCNC2)c1. The van der Waals surface area contributed by atoms with E-state index in [1.807, 2.05) is 30.3 Å². The summed E-state index contributed by atoms with van der Waals surface area (Å²) >= 11 is 0. The number of amides is 1. The van der Waals surface area contributed by atoms with Crippen LogP contribution in [0.2, 0.25) is 0 Å². The van der Waals surface area contributed by atoms with Gasteiger partial charge in [0.1, 0.15) is 0 Å². The number of aromatic nitrogens is 1. The Kier molecular flexibility index (Phi) is 6.14. The highest BCUT2D eigenvalue weighted by Crippen LogP contribution is 2.48. The van der Waals surface area contributed by atoms with Crippen molar-refractivity contribution < 1.29 is 13.2 Å². The summed E-state index contributed by atoms with van der Waals surface area (Å²) in [6, 6.07) is 14.7. The number of fused-ring (bicyclic) bond motifs is 1. The molecular formula is C25H28N4O3S. The molecule has 2 heterocycles. The zero-order chi connectivity index (χ0) is 22.8. The number of carbonyl (C=O) groups is 1. The first-order chi connectivity index (χ1) is 16.0. The van der Waals surface area contributed by atoms with Crippen molar-refractivity contribution in [2.24, 2.45) is 11.8 Å². The number of sulfonamides is 1. The molecule has 1 aliphatic heterocycles. The van der Waals surface area contributed by atoms with Crippen molar-refractivity contribution in [3.8, 4) is 0 Å². The quantitative estimate of drug-likeness (QED) is 0.498. The molecule has 3 atom stereocenters. The number of pyridine rings is 1. The lowest BCUT2D eigenvalue weighted by Crippen LogP contribution is -2.38. The number of hydrogen-bond acceptors (Lipinski definition) is 5. The third-order valence-electron chi connectivity index (χ3n) is 6.59. The van der Waals surface area contributed by atoms with Gasteiger partial charge in [-0.05, 0) is 85.5 Å². The predicted molar refractivity (Wildman–Crippen MR) is 128 cm³/mol. The minimum Gasteiger partial charge on any atom is -0.326 e. The Morgan fingerprint density at radius 2 is 2.03 bits per heavy atom. The van der Waals surface area contributed by atoms with Crippen molar-refractivity contribution in [2.75, 3.05) is 25.0 Å². The number of piperidine rings is 1. The summed E-state index contributed by atoms with van der Waals surface area (Å²) in [5.74, 6) is 0.161. The van der Waals surface area contributed by atoms with E-state index in [-0.39, 0.29) is 22.6 Å². The van der Waals surface area contributed by atoms with Gasteiger partial charge in [0.15, 0.2) is 0 Å². The van der Waals surface area contributed by atoms with E-state index in [1.54, 1.807) is 30.6 Å². The van der Waals surface area contributed by atoms with E-state index in [2.05, 4.69) is 20.3 Å². The second kappa shape index (κ2) is 9.21. The van der Waals surface area contributed by atoms with E-state index in [1.165, 1.54) is 0 Å². The van der Waals surface area contributed by atoms with Gasteiger partial charge in [0.25, 0.3) is 0 Å².